The molecule has 0 saturated heterocycles. The first kappa shape index (κ1) is 12.7. The third-order valence-electron chi connectivity index (χ3n) is 3.32. The van der Waals surface area contributed by atoms with E-state index in [0.717, 1.165) is 18.4 Å². The molecule has 102 valence electrons. The number of nitrogens with zero attached hydrogens (tertiary/aromatic N) is 3. The minimum absolute atomic E-state index is 0.148. The van der Waals surface area contributed by atoms with Gasteiger partial charge in [-0.1, -0.05) is 0 Å². The minimum atomic E-state index is -0.629. The quantitative estimate of drug-likeness (QED) is 0.802. The number of aromatic nitrogens is 2. The molecule has 2 aromatic heterocycles. The lowest BCUT2D eigenvalue weighted by molar-refractivity contribution is 0.0729. The highest BCUT2D eigenvalue weighted by Crippen LogP contribution is 2.29. The molecule has 1 fully saturated rings. The van der Waals surface area contributed by atoms with Gasteiger partial charge in [0.15, 0.2) is 0 Å². The van der Waals surface area contributed by atoms with Crippen LogP contribution >= 0.6 is 0 Å². The molecule has 20 heavy (non-hydrogen) atoms. The number of rotatable bonds is 4. The maximum Gasteiger partial charge on any atom is 0.254 e. The zero-order valence-electron chi connectivity index (χ0n) is 10.9. The van der Waals surface area contributed by atoms with E-state index in [9.17, 15) is 9.18 Å². The van der Waals surface area contributed by atoms with Crippen LogP contribution in [0.5, 0.6) is 0 Å². The first-order valence-corrected chi connectivity index (χ1v) is 6.55. The van der Waals surface area contributed by atoms with Crippen molar-refractivity contribution in [2.75, 3.05) is 0 Å². The van der Waals surface area contributed by atoms with Crippen molar-refractivity contribution >= 4 is 5.91 Å². The van der Waals surface area contributed by atoms with E-state index in [1.807, 2.05) is 12.1 Å². The number of pyridine rings is 2. The molecule has 1 saturated carbocycles. The van der Waals surface area contributed by atoms with Gasteiger partial charge in [0.2, 0.25) is 5.95 Å². The predicted molar refractivity (Wildman–Crippen MR) is 71.3 cm³/mol. The van der Waals surface area contributed by atoms with Gasteiger partial charge in [0.1, 0.15) is 0 Å². The maximum atomic E-state index is 13.1. The monoisotopic (exact) mass is 271 g/mol. The Hall–Kier alpha value is -2.30. The Morgan fingerprint density at radius 1 is 1.25 bits per heavy atom. The smallest absolute Gasteiger partial charge is 0.254 e. The van der Waals surface area contributed by atoms with E-state index in [4.69, 9.17) is 0 Å². The Morgan fingerprint density at radius 2 is 2.00 bits per heavy atom. The Labute approximate surface area is 116 Å². The summed E-state index contributed by atoms with van der Waals surface area (Å²) in [5, 5.41) is 0. The van der Waals surface area contributed by atoms with E-state index in [-0.39, 0.29) is 11.9 Å². The molecule has 0 aliphatic heterocycles. The van der Waals surface area contributed by atoms with E-state index in [1.54, 1.807) is 23.4 Å². The highest BCUT2D eigenvalue weighted by atomic mass is 19.1. The molecule has 0 atom stereocenters. The van der Waals surface area contributed by atoms with Crippen LogP contribution in [0.1, 0.15) is 28.8 Å². The summed E-state index contributed by atoms with van der Waals surface area (Å²) in [6.07, 6.45) is 6.74. The second-order valence-electron chi connectivity index (χ2n) is 4.89. The van der Waals surface area contributed by atoms with Crippen LogP contribution in [0, 0.1) is 5.95 Å². The van der Waals surface area contributed by atoms with E-state index in [0.29, 0.717) is 12.1 Å². The van der Waals surface area contributed by atoms with Crippen molar-refractivity contribution in [3.05, 3.63) is 59.9 Å². The van der Waals surface area contributed by atoms with Crippen LogP contribution < -0.4 is 0 Å². The summed E-state index contributed by atoms with van der Waals surface area (Å²) in [6.45, 7) is 0.524. The molecule has 0 radical (unpaired) electrons. The van der Waals surface area contributed by atoms with Gasteiger partial charge in [-0.15, -0.1) is 0 Å². The van der Waals surface area contributed by atoms with Crippen LogP contribution in [0.25, 0.3) is 0 Å². The van der Waals surface area contributed by atoms with Gasteiger partial charge in [-0.05, 0) is 36.6 Å². The van der Waals surface area contributed by atoms with Crippen LogP contribution in [0.3, 0.4) is 0 Å². The number of amides is 1. The Kier molecular flexibility index (Phi) is 3.41. The lowest BCUT2D eigenvalue weighted by Gasteiger charge is -2.22. The second kappa shape index (κ2) is 5.36. The highest BCUT2D eigenvalue weighted by Gasteiger charge is 2.33. The van der Waals surface area contributed by atoms with Gasteiger partial charge < -0.3 is 4.90 Å². The summed E-state index contributed by atoms with van der Waals surface area (Å²) in [7, 11) is 0. The van der Waals surface area contributed by atoms with Crippen molar-refractivity contribution in [2.24, 2.45) is 0 Å². The standard InChI is InChI=1S/C15H14FN3O/c16-14-9-12(5-8-18-14)15(20)19(13-1-2-13)10-11-3-6-17-7-4-11/h3-9,13H,1-2,10H2. The summed E-state index contributed by atoms with van der Waals surface area (Å²) in [5.74, 6) is -0.777. The molecule has 0 aromatic carbocycles. The number of hydrogen-bond donors (Lipinski definition) is 0. The Balaban J connectivity index is 1.82. The third kappa shape index (κ3) is 2.82. The SMILES string of the molecule is O=C(c1ccnc(F)c1)N(Cc1ccncc1)C1CC1. The number of hydrogen-bond acceptors (Lipinski definition) is 3. The average molecular weight is 271 g/mol. The van der Waals surface area contributed by atoms with Crippen LogP contribution in [0.2, 0.25) is 0 Å². The summed E-state index contributed by atoms with van der Waals surface area (Å²) < 4.78 is 13.1. The molecule has 1 aliphatic carbocycles. The molecule has 1 aliphatic rings. The fraction of sp³-hybridized carbons (Fsp3) is 0.267. The van der Waals surface area contributed by atoms with Crippen LogP contribution in [0.15, 0.2) is 42.9 Å². The van der Waals surface area contributed by atoms with Crippen molar-refractivity contribution < 1.29 is 9.18 Å². The largest absolute Gasteiger partial charge is 0.331 e. The molecule has 5 heteroatoms. The Bertz CT molecular complexity index is 614. The van der Waals surface area contributed by atoms with Crippen LogP contribution in [-0.2, 0) is 6.54 Å². The summed E-state index contributed by atoms with van der Waals surface area (Å²) >= 11 is 0. The van der Waals surface area contributed by atoms with Crippen molar-refractivity contribution in [2.45, 2.75) is 25.4 Å². The molecule has 3 rings (SSSR count). The van der Waals surface area contributed by atoms with E-state index < -0.39 is 5.95 Å². The molecule has 2 heterocycles. The zero-order valence-corrected chi connectivity index (χ0v) is 10.9. The summed E-state index contributed by atoms with van der Waals surface area (Å²) in [6, 6.07) is 6.76. The third-order valence-corrected chi connectivity index (χ3v) is 3.32. The van der Waals surface area contributed by atoms with Crippen molar-refractivity contribution in [3.8, 4) is 0 Å². The van der Waals surface area contributed by atoms with Crippen molar-refractivity contribution in [1.29, 1.82) is 0 Å². The van der Waals surface area contributed by atoms with Gasteiger partial charge in [0.05, 0.1) is 0 Å². The first-order valence-electron chi connectivity index (χ1n) is 6.55. The van der Waals surface area contributed by atoms with Gasteiger partial charge in [-0.25, -0.2) is 4.98 Å². The van der Waals surface area contributed by atoms with Crippen LogP contribution in [0.4, 0.5) is 4.39 Å². The predicted octanol–water partition coefficient (Wildman–Crippen LogP) is 2.42. The summed E-state index contributed by atoms with van der Waals surface area (Å²) in [5.41, 5.74) is 1.37. The maximum absolute atomic E-state index is 13.1. The lowest BCUT2D eigenvalue weighted by atomic mass is 10.2. The van der Waals surface area contributed by atoms with E-state index in [2.05, 4.69) is 9.97 Å². The van der Waals surface area contributed by atoms with Gasteiger partial charge in [-0.3, -0.25) is 9.78 Å². The topological polar surface area (TPSA) is 46.1 Å². The van der Waals surface area contributed by atoms with Gasteiger partial charge in [0, 0.05) is 42.8 Å². The molecule has 0 spiro atoms. The van der Waals surface area contributed by atoms with E-state index in [1.165, 1.54) is 12.3 Å². The molecule has 1 amide bonds. The molecular formula is C15H14FN3O. The van der Waals surface area contributed by atoms with E-state index >= 15 is 0 Å². The van der Waals surface area contributed by atoms with Crippen LogP contribution in [-0.4, -0.2) is 26.8 Å². The van der Waals surface area contributed by atoms with Gasteiger partial charge >= 0.3 is 0 Å². The molecular weight excluding hydrogens is 257 g/mol. The first-order chi connectivity index (χ1) is 9.74. The summed E-state index contributed by atoms with van der Waals surface area (Å²) in [4.78, 5) is 21.7. The molecule has 0 bridgehead atoms. The van der Waals surface area contributed by atoms with Crippen molar-refractivity contribution in [1.82, 2.24) is 14.9 Å². The fourth-order valence-corrected chi connectivity index (χ4v) is 2.14. The van der Waals surface area contributed by atoms with Crippen molar-refractivity contribution in [3.63, 3.8) is 0 Å². The average Bonchev–Trinajstić information content (AvgIpc) is 3.30. The number of carbonyl (C=O) groups is 1. The highest BCUT2D eigenvalue weighted by molar-refractivity contribution is 5.94. The molecule has 0 N–H and O–H groups in total. The zero-order chi connectivity index (χ0) is 13.9. The molecule has 4 nitrogen and oxygen atoms in total. The normalized spacial score (nSPS) is 14.1. The second-order valence-corrected chi connectivity index (χ2v) is 4.89. The minimum Gasteiger partial charge on any atom is -0.331 e. The fourth-order valence-electron chi connectivity index (χ4n) is 2.14. The lowest BCUT2D eigenvalue weighted by Crippen LogP contribution is -2.32. The number of carbonyl (C=O) groups excluding carboxylic acids is 1. The molecule has 2 aromatic rings. The van der Waals surface area contributed by atoms with Gasteiger partial charge in [-0.2, -0.15) is 4.39 Å². The number of halogens is 1. The Morgan fingerprint density at radius 3 is 2.65 bits per heavy atom. The van der Waals surface area contributed by atoms with Gasteiger partial charge in [0.25, 0.3) is 5.91 Å². The molecule has 0 unspecified atom stereocenters.